The first kappa shape index (κ1) is 19.2. The quantitative estimate of drug-likeness (QED) is 0.785. The van der Waals surface area contributed by atoms with Crippen LogP contribution in [0.3, 0.4) is 0 Å². The third kappa shape index (κ3) is 4.25. The molecule has 148 valence electrons. The number of halogens is 4. The van der Waals surface area contributed by atoms with E-state index < -0.39 is 29.3 Å². The fourth-order valence-corrected chi connectivity index (χ4v) is 3.35. The van der Waals surface area contributed by atoms with Crippen molar-refractivity contribution in [2.24, 2.45) is 0 Å². The van der Waals surface area contributed by atoms with Crippen molar-refractivity contribution in [2.45, 2.75) is 31.5 Å². The summed E-state index contributed by atoms with van der Waals surface area (Å²) in [6.45, 7) is 1.47. The normalized spacial score (nSPS) is 19.0. The maximum atomic E-state index is 13.9. The van der Waals surface area contributed by atoms with E-state index in [4.69, 9.17) is 4.74 Å². The molecule has 0 atom stereocenters. The summed E-state index contributed by atoms with van der Waals surface area (Å²) in [6, 6.07) is 1.63. The maximum absolute atomic E-state index is 13.9. The summed E-state index contributed by atoms with van der Waals surface area (Å²) in [5.74, 6) is -1.15. The van der Waals surface area contributed by atoms with Crippen LogP contribution < -0.4 is 5.32 Å². The molecule has 1 N–H and O–H groups in total. The number of para-hydroxylation sites is 1. The number of likely N-dealkylation sites (tertiary alicyclic amines) is 1. The molecule has 2 fully saturated rings. The van der Waals surface area contributed by atoms with Crippen LogP contribution in [0.15, 0.2) is 18.2 Å². The first-order valence-electron chi connectivity index (χ1n) is 8.62. The van der Waals surface area contributed by atoms with E-state index in [-0.39, 0.29) is 25.2 Å². The molecule has 1 aromatic rings. The predicted octanol–water partition coefficient (Wildman–Crippen LogP) is 3.68. The molecule has 3 rings (SSSR count). The summed E-state index contributed by atoms with van der Waals surface area (Å²) >= 11 is 0. The minimum Gasteiger partial charge on any atom is -0.449 e. The molecular weight excluding hydrogens is 370 g/mol. The summed E-state index contributed by atoms with van der Waals surface area (Å²) in [5.41, 5.74) is -2.11. The summed E-state index contributed by atoms with van der Waals surface area (Å²) in [7, 11) is 0. The highest BCUT2D eigenvalue weighted by Gasteiger charge is 2.36. The monoisotopic (exact) mass is 389 g/mol. The Kier molecular flexibility index (Phi) is 5.43. The van der Waals surface area contributed by atoms with Crippen molar-refractivity contribution in [1.82, 2.24) is 9.80 Å². The lowest BCUT2D eigenvalue weighted by atomic mass is 10.0. The number of cyclic esters (lactones) is 1. The van der Waals surface area contributed by atoms with Crippen molar-refractivity contribution in [1.29, 1.82) is 0 Å². The van der Waals surface area contributed by atoms with Crippen LogP contribution in [-0.2, 0) is 10.9 Å². The SMILES string of the molecule is O=C(Nc1c(F)cccc1C(F)(F)F)N1CCC(N2CCCOC2=O)CC1. The van der Waals surface area contributed by atoms with Crippen molar-refractivity contribution >= 4 is 17.8 Å². The number of benzene rings is 1. The van der Waals surface area contributed by atoms with Gasteiger partial charge in [0, 0.05) is 25.7 Å². The van der Waals surface area contributed by atoms with Crippen molar-refractivity contribution in [3.63, 3.8) is 0 Å². The van der Waals surface area contributed by atoms with Crippen LogP contribution in [0.25, 0.3) is 0 Å². The third-order valence-electron chi connectivity index (χ3n) is 4.75. The number of carbonyl (C=O) groups is 2. The smallest absolute Gasteiger partial charge is 0.418 e. The van der Waals surface area contributed by atoms with Gasteiger partial charge in [-0.05, 0) is 31.4 Å². The Morgan fingerprint density at radius 3 is 2.52 bits per heavy atom. The van der Waals surface area contributed by atoms with Crippen LogP contribution in [0.1, 0.15) is 24.8 Å². The minimum atomic E-state index is -4.79. The lowest BCUT2D eigenvalue weighted by Gasteiger charge is -2.39. The number of urea groups is 1. The van der Waals surface area contributed by atoms with Gasteiger partial charge in [-0.2, -0.15) is 13.2 Å². The highest BCUT2D eigenvalue weighted by atomic mass is 19.4. The number of carbonyl (C=O) groups excluding carboxylic acids is 2. The van der Waals surface area contributed by atoms with Crippen molar-refractivity contribution in [2.75, 3.05) is 31.6 Å². The highest BCUT2D eigenvalue weighted by molar-refractivity contribution is 5.90. The summed E-state index contributed by atoms with van der Waals surface area (Å²) < 4.78 is 58.0. The van der Waals surface area contributed by atoms with Crippen LogP contribution in [0.4, 0.5) is 32.8 Å². The number of nitrogens with zero attached hydrogens (tertiary/aromatic N) is 2. The molecule has 0 unspecified atom stereocenters. The Morgan fingerprint density at radius 1 is 1.19 bits per heavy atom. The van der Waals surface area contributed by atoms with E-state index in [0.29, 0.717) is 32.1 Å². The van der Waals surface area contributed by atoms with Gasteiger partial charge in [-0.1, -0.05) is 6.07 Å². The molecule has 1 aromatic carbocycles. The van der Waals surface area contributed by atoms with Gasteiger partial charge in [0.2, 0.25) is 0 Å². The maximum Gasteiger partial charge on any atom is 0.418 e. The first-order valence-corrected chi connectivity index (χ1v) is 8.62. The average Bonchev–Trinajstić information content (AvgIpc) is 2.63. The van der Waals surface area contributed by atoms with Gasteiger partial charge in [-0.3, -0.25) is 0 Å². The molecule has 0 radical (unpaired) electrons. The molecule has 3 amide bonds. The topological polar surface area (TPSA) is 61.9 Å². The molecule has 0 saturated carbocycles. The zero-order chi connectivity index (χ0) is 19.6. The number of ether oxygens (including phenoxy) is 1. The predicted molar refractivity (Wildman–Crippen MR) is 87.7 cm³/mol. The van der Waals surface area contributed by atoms with E-state index >= 15 is 0 Å². The van der Waals surface area contributed by atoms with E-state index in [1.165, 1.54) is 4.90 Å². The first-order chi connectivity index (χ1) is 12.8. The van der Waals surface area contributed by atoms with E-state index in [1.807, 2.05) is 5.32 Å². The van der Waals surface area contributed by atoms with Gasteiger partial charge in [0.25, 0.3) is 0 Å². The van der Waals surface area contributed by atoms with Gasteiger partial charge in [-0.15, -0.1) is 0 Å². The Hall–Kier alpha value is -2.52. The van der Waals surface area contributed by atoms with Crippen LogP contribution in [0, 0.1) is 5.82 Å². The molecule has 10 heteroatoms. The van der Waals surface area contributed by atoms with Gasteiger partial charge in [0.15, 0.2) is 0 Å². The molecule has 2 aliphatic rings. The molecule has 0 spiro atoms. The second-order valence-electron chi connectivity index (χ2n) is 6.47. The fourth-order valence-electron chi connectivity index (χ4n) is 3.35. The molecule has 2 aliphatic heterocycles. The molecule has 0 aromatic heterocycles. The summed E-state index contributed by atoms with van der Waals surface area (Å²) in [5, 5.41) is 2.04. The van der Waals surface area contributed by atoms with Gasteiger partial charge in [0.1, 0.15) is 5.82 Å². The zero-order valence-corrected chi connectivity index (χ0v) is 14.4. The number of anilines is 1. The second kappa shape index (κ2) is 7.61. The van der Waals surface area contributed by atoms with Gasteiger partial charge in [0.05, 0.1) is 17.9 Å². The molecule has 2 heterocycles. The molecule has 0 aliphatic carbocycles. The molecule has 6 nitrogen and oxygen atoms in total. The molecule has 27 heavy (non-hydrogen) atoms. The lowest BCUT2D eigenvalue weighted by Crippen LogP contribution is -2.51. The van der Waals surface area contributed by atoms with E-state index in [9.17, 15) is 27.2 Å². The number of hydrogen-bond donors (Lipinski definition) is 1. The van der Waals surface area contributed by atoms with Gasteiger partial charge >= 0.3 is 18.3 Å². The second-order valence-corrected chi connectivity index (χ2v) is 6.47. The van der Waals surface area contributed by atoms with Crippen molar-refractivity contribution < 1.29 is 31.9 Å². The number of alkyl halides is 3. The van der Waals surface area contributed by atoms with Crippen LogP contribution >= 0.6 is 0 Å². The fraction of sp³-hybridized carbons (Fsp3) is 0.529. The molecule has 0 bridgehead atoms. The average molecular weight is 389 g/mol. The number of piperidine rings is 1. The number of hydrogen-bond acceptors (Lipinski definition) is 3. The van der Waals surface area contributed by atoms with Crippen molar-refractivity contribution in [3.05, 3.63) is 29.6 Å². The summed E-state index contributed by atoms with van der Waals surface area (Å²) in [4.78, 5) is 27.0. The highest BCUT2D eigenvalue weighted by Crippen LogP contribution is 2.36. The van der Waals surface area contributed by atoms with E-state index in [2.05, 4.69) is 0 Å². The van der Waals surface area contributed by atoms with Gasteiger partial charge < -0.3 is 19.9 Å². The van der Waals surface area contributed by atoms with Crippen molar-refractivity contribution in [3.8, 4) is 0 Å². The molecular formula is C17H19F4N3O3. The Labute approximate surface area is 153 Å². The van der Waals surface area contributed by atoms with Gasteiger partial charge in [-0.25, -0.2) is 14.0 Å². The lowest BCUT2D eigenvalue weighted by molar-refractivity contribution is -0.137. The minimum absolute atomic E-state index is 0.0824. The zero-order valence-electron chi connectivity index (χ0n) is 14.4. The van der Waals surface area contributed by atoms with E-state index in [1.54, 1.807) is 4.90 Å². The molecule has 2 saturated heterocycles. The number of amides is 3. The Balaban J connectivity index is 1.63. The largest absolute Gasteiger partial charge is 0.449 e. The van der Waals surface area contributed by atoms with Crippen LogP contribution in [-0.4, -0.2) is 54.2 Å². The van der Waals surface area contributed by atoms with E-state index in [0.717, 1.165) is 18.6 Å². The third-order valence-corrected chi connectivity index (χ3v) is 4.75. The number of rotatable bonds is 2. The standard InChI is InChI=1S/C17H19F4N3O3/c18-13-4-1-3-12(17(19,20)21)14(13)22-15(25)23-8-5-11(6-9-23)24-7-2-10-27-16(24)26/h1,3-4,11H,2,5-10H2,(H,22,25). The summed E-state index contributed by atoms with van der Waals surface area (Å²) in [6.07, 6.45) is -3.48. The van der Waals surface area contributed by atoms with Crippen LogP contribution in [0.5, 0.6) is 0 Å². The van der Waals surface area contributed by atoms with Crippen LogP contribution in [0.2, 0.25) is 0 Å². The Morgan fingerprint density at radius 2 is 1.89 bits per heavy atom. The Bertz CT molecular complexity index is 718. The number of nitrogens with one attached hydrogen (secondary N) is 1.